The van der Waals surface area contributed by atoms with E-state index in [2.05, 4.69) is 6.58 Å². The number of amides is 1. The molecule has 0 N–H and O–H groups in total. The Balaban J connectivity index is 2.87. The SMILES string of the molecule is C=C(C)CN(CC)C(=O)Cc1ccccc1[N+](=O)[O-]. The number of carbonyl (C=O) groups is 1. The monoisotopic (exact) mass is 262 g/mol. The highest BCUT2D eigenvalue weighted by Gasteiger charge is 2.18. The minimum atomic E-state index is -0.461. The Kier molecular flexibility index (Phi) is 5.23. The Morgan fingerprint density at radius 2 is 2.05 bits per heavy atom. The van der Waals surface area contributed by atoms with Crippen LogP contribution in [-0.2, 0) is 11.2 Å². The predicted molar refractivity (Wildman–Crippen MR) is 73.9 cm³/mol. The lowest BCUT2D eigenvalue weighted by molar-refractivity contribution is -0.385. The third kappa shape index (κ3) is 4.21. The molecule has 0 spiro atoms. The number of nitrogens with zero attached hydrogens (tertiary/aromatic N) is 2. The summed E-state index contributed by atoms with van der Waals surface area (Å²) in [6.07, 6.45) is 0.0400. The third-order valence-electron chi connectivity index (χ3n) is 2.73. The molecule has 0 saturated heterocycles. The Bertz CT molecular complexity index is 497. The molecule has 0 aliphatic rings. The Morgan fingerprint density at radius 3 is 2.58 bits per heavy atom. The van der Waals surface area contributed by atoms with E-state index >= 15 is 0 Å². The van der Waals surface area contributed by atoms with Gasteiger partial charge in [0.1, 0.15) is 0 Å². The van der Waals surface area contributed by atoms with E-state index in [0.29, 0.717) is 18.7 Å². The van der Waals surface area contributed by atoms with Crippen molar-refractivity contribution in [2.45, 2.75) is 20.3 Å². The molecule has 1 rings (SSSR count). The summed E-state index contributed by atoms with van der Waals surface area (Å²) in [4.78, 5) is 24.2. The molecule has 19 heavy (non-hydrogen) atoms. The van der Waals surface area contributed by atoms with Crippen molar-refractivity contribution in [2.24, 2.45) is 0 Å². The summed E-state index contributed by atoms with van der Waals surface area (Å²) in [5, 5.41) is 10.9. The molecule has 102 valence electrons. The molecule has 5 nitrogen and oxygen atoms in total. The van der Waals surface area contributed by atoms with Gasteiger partial charge in [-0.25, -0.2) is 0 Å². The number of likely N-dealkylation sites (N-methyl/N-ethyl adjacent to an activating group) is 1. The van der Waals surface area contributed by atoms with Crippen LogP contribution in [0.25, 0.3) is 0 Å². The molecule has 5 heteroatoms. The molecule has 0 aromatic heterocycles. The van der Waals surface area contributed by atoms with Crippen molar-refractivity contribution in [3.05, 3.63) is 52.1 Å². The number of benzene rings is 1. The number of carbonyl (C=O) groups excluding carboxylic acids is 1. The molecule has 0 fully saturated rings. The first-order chi connectivity index (χ1) is 8.95. The summed E-state index contributed by atoms with van der Waals surface area (Å²) >= 11 is 0. The summed E-state index contributed by atoms with van der Waals surface area (Å²) in [6.45, 7) is 8.54. The standard InChI is InChI=1S/C14H18N2O3/c1-4-15(10-11(2)3)14(17)9-12-7-5-6-8-13(12)16(18)19/h5-8H,2,4,9-10H2,1,3H3. The van der Waals surface area contributed by atoms with E-state index < -0.39 is 4.92 Å². The maximum Gasteiger partial charge on any atom is 0.273 e. The highest BCUT2D eigenvalue weighted by Crippen LogP contribution is 2.18. The summed E-state index contributed by atoms with van der Waals surface area (Å²) in [6, 6.07) is 6.32. The first-order valence-electron chi connectivity index (χ1n) is 6.10. The van der Waals surface area contributed by atoms with E-state index in [4.69, 9.17) is 0 Å². The molecule has 0 aliphatic carbocycles. The average molecular weight is 262 g/mol. The van der Waals surface area contributed by atoms with Gasteiger partial charge in [-0.2, -0.15) is 0 Å². The number of nitro benzene ring substituents is 1. The predicted octanol–water partition coefficient (Wildman–Crippen LogP) is 2.56. The van der Waals surface area contributed by atoms with Crippen LogP contribution < -0.4 is 0 Å². The second-order valence-electron chi connectivity index (χ2n) is 4.43. The normalized spacial score (nSPS) is 10.0. The summed E-state index contributed by atoms with van der Waals surface area (Å²) < 4.78 is 0. The second kappa shape index (κ2) is 6.68. The van der Waals surface area contributed by atoms with Crippen LogP contribution in [0.15, 0.2) is 36.4 Å². The van der Waals surface area contributed by atoms with Crippen LogP contribution >= 0.6 is 0 Å². The van der Waals surface area contributed by atoms with Crippen LogP contribution in [0.2, 0.25) is 0 Å². The second-order valence-corrected chi connectivity index (χ2v) is 4.43. The van der Waals surface area contributed by atoms with Gasteiger partial charge in [0.2, 0.25) is 5.91 Å². The minimum Gasteiger partial charge on any atom is -0.339 e. The fourth-order valence-electron chi connectivity index (χ4n) is 1.82. The van der Waals surface area contributed by atoms with Crippen LogP contribution in [0.1, 0.15) is 19.4 Å². The Labute approximate surface area is 112 Å². The van der Waals surface area contributed by atoms with Crippen molar-refractivity contribution in [3.63, 3.8) is 0 Å². The van der Waals surface area contributed by atoms with Crippen molar-refractivity contribution < 1.29 is 9.72 Å². The van der Waals surface area contributed by atoms with E-state index in [1.54, 1.807) is 23.1 Å². The van der Waals surface area contributed by atoms with E-state index in [1.165, 1.54) is 6.07 Å². The maximum atomic E-state index is 12.1. The molecule has 1 amide bonds. The van der Waals surface area contributed by atoms with E-state index in [9.17, 15) is 14.9 Å². The average Bonchev–Trinajstić information content (AvgIpc) is 2.35. The van der Waals surface area contributed by atoms with Crippen molar-refractivity contribution in [2.75, 3.05) is 13.1 Å². The molecule has 0 aliphatic heterocycles. The summed E-state index contributed by atoms with van der Waals surface area (Å²) in [5.74, 6) is -0.125. The van der Waals surface area contributed by atoms with Crippen molar-refractivity contribution in [1.82, 2.24) is 4.90 Å². The number of para-hydroxylation sites is 1. The van der Waals surface area contributed by atoms with Gasteiger partial charge in [0.25, 0.3) is 5.69 Å². The molecular weight excluding hydrogens is 244 g/mol. The highest BCUT2D eigenvalue weighted by atomic mass is 16.6. The van der Waals surface area contributed by atoms with Gasteiger partial charge in [-0.15, -0.1) is 0 Å². The van der Waals surface area contributed by atoms with Crippen LogP contribution in [0.5, 0.6) is 0 Å². The molecule has 0 heterocycles. The molecule has 0 bridgehead atoms. The molecule has 0 atom stereocenters. The van der Waals surface area contributed by atoms with Crippen molar-refractivity contribution in [3.8, 4) is 0 Å². The maximum absolute atomic E-state index is 12.1. The lowest BCUT2D eigenvalue weighted by Crippen LogP contribution is -2.33. The van der Waals surface area contributed by atoms with Gasteiger partial charge in [-0.05, 0) is 13.8 Å². The molecule has 1 aromatic carbocycles. The van der Waals surface area contributed by atoms with E-state index in [0.717, 1.165) is 5.57 Å². The van der Waals surface area contributed by atoms with Crippen molar-refractivity contribution >= 4 is 11.6 Å². The van der Waals surface area contributed by atoms with Gasteiger partial charge in [0.15, 0.2) is 0 Å². The van der Waals surface area contributed by atoms with Crippen LogP contribution in [0.4, 0.5) is 5.69 Å². The topological polar surface area (TPSA) is 63.5 Å². The number of hydrogen-bond acceptors (Lipinski definition) is 3. The molecule has 0 saturated carbocycles. The summed E-state index contributed by atoms with van der Waals surface area (Å²) in [7, 11) is 0. The fraction of sp³-hybridized carbons (Fsp3) is 0.357. The molecule has 0 unspecified atom stereocenters. The van der Waals surface area contributed by atoms with Crippen LogP contribution in [-0.4, -0.2) is 28.8 Å². The number of rotatable bonds is 6. The number of hydrogen-bond donors (Lipinski definition) is 0. The van der Waals surface area contributed by atoms with Gasteiger partial charge in [-0.3, -0.25) is 14.9 Å². The molecule has 1 aromatic rings. The summed E-state index contributed by atoms with van der Waals surface area (Å²) in [5.41, 5.74) is 1.32. The largest absolute Gasteiger partial charge is 0.339 e. The lowest BCUT2D eigenvalue weighted by Gasteiger charge is -2.20. The Morgan fingerprint density at radius 1 is 1.42 bits per heavy atom. The van der Waals surface area contributed by atoms with Crippen LogP contribution in [0, 0.1) is 10.1 Å². The zero-order valence-electron chi connectivity index (χ0n) is 11.3. The number of nitro groups is 1. The zero-order valence-corrected chi connectivity index (χ0v) is 11.3. The van der Waals surface area contributed by atoms with Gasteiger partial charge >= 0.3 is 0 Å². The van der Waals surface area contributed by atoms with E-state index in [1.807, 2.05) is 13.8 Å². The fourth-order valence-corrected chi connectivity index (χ4v) is 1.82. The first kappa shape index (κ1) is 14.9. The Hall–Kier alpha value is -2.17. The van der Waals surface area contributed by atoms with Crippen LogP contribution in [0.3, 0.4) is 0 Å². The third-order valence-corrected chi connectivity index (χ3v) is 2.73. The molecule has 0 radical (unpaired) electrons. The van der Waals surface area contributed by atoms with Gasteiger partial charge < -0.3 is 4.90 Å². The van der Waals surface area contributed by atoms with Crippen molar-refractivity contribution in [1.29, 1.82) is 0 Å². The minimum absolute atomic E-state index is 0.0118. The zero-order chi connectivity index (χ0) is 14.4. The first-order valence-corrected chi connectivity index (χ1v) is 6.10. The smallest absolute Gasteiger partial charge is 0.273 e. The quantitative estimate of drug-likeness (QED) is 0.449. The van der Waals surface area contributed by atoms with Gasteiger partial charge in [-0.1, -0.05) is 30.4 Å². The van der Waals surface area contributed by atoms with Gasteiger partial charge in [0.05, 0.1) is 11.3 Å². The lowest BCUT2D eigenvalue weighted by atomic mass is 10.1. The van der Waals surface area contributed by atoms with E-state index in [-0.39, 0.29) is 18.0 Å². The molecular formula is C14H18N2O3. The highest BCUT2D eigenvalue weighted by molar-refractivity contribution is 5.80. The van der Waals surface area contributed by atoms with Gasteiger partial charge in [0, 0.05) is 24.7 Å².